The number of halogens is 2. The van der Waals surface area contributed by atoms with Crippen molar-refractivity contribution in [3.05, 3.63) is 50.4 Å². The first-order chi connectivity index (χ1) is 12.5. The monoisotopic (exact) mass is 479 g/mol. The Hall–Kier alpha value is -1.37. The van der Waals surface area contributed by atoms with Gasteiger partial charge in [0.25, 0.3) is 0 Å². The maximum Gasteiger partial charge on any atom is 0.130 e. The van der Waals surface area contributed by atoms with Crippen molar-refractivity contribution in [2.24, 2.45) is 4.99 Å². The molecular formula is C20H23Br2N3O. The van der Waals surface area contributed by atoms with Crippen LogP contribution in [0.4, 0.5) is 5.69 Å². The molecule has 138 valence electrons. The second-order valence-electron chi connectivity index (χ2n) is 6.55. The van der Waals surface area contributed by atoms with Gasteiger partial charge in [-0.25, -0.2) is 10.0 Å². The van der Waals surface area contributed by atoms with Crippen LogP contribution in [0.25, 0.3) is 0 Å². The summed E-state index contributed by atoms with van der Waals surface area (Å²) in [5.41, 5.74) is 6.37. The van der Waals surface area contributed by atoms with Gasteiger partial charge in [0.15, 0.2) is 0 Å². The lowest BCUT2D eigenvalue weighted by Gasteiger charge is -2.25. The summed E-state index contributed by atoms with van der Waals surface area (Å²) in [4.78, 5) is 4.59. The molecule has 1 heterocycles. The van der Waals surface area contributed by atoms with Crippen molar-refractivity contribution in [1.29, 1.82) is 0 Å². The summed E-state index contributed by atoms with van der Waals surface area (Å²) in [6.07, 6.45) is 5.61. The summed E-state index contributed by atoms with van der Waals surface area (Å²) in [6, 6.07) is 9.99. The summed E-state index contributed by atoms with van der Waals surface area (Å²) >= 11 is 6.98. The maximum atomic E-state index is 6.07. The Morgan fingerprint density at radius 2 is 1.65 bits per heavy atom. The third-order valence-corrected chi connectivity index (χ3v) is 5.27. The van der Waals surface area contributed by atoms with Crippen molar-refractivity contribution < 1.29 is 4.74 Å². The van der Waals surface area contributed by atoms with Crippen molar-refractivity contribution >= 4 is 43.9 Å². The molecule has 1 fully saturated rings. The third-order valence-electron chi connectivity index (χ3n) is 4.36. The van der Waals surface area contributed by atoms with Gasteiger partial charge in [0, 0.05) is 22.0 Å². The molecule has 0 atom stereocenters. The van der Waals surface area contributed by atoms with Gasteiger partial charge in [-0.05, 0) is 68.1 Å². The molecule has 2 aromatic carbocycles. The lowest BCUT2D eigenvalue weighted by Crippen LogP contribution is -2.40. The minimum absolute atomic E-state index is 0.789. The van der Waals surface area contributed by atoms with Gasteiger partial charge >= 0.3 is 0 Å². The van der Waals surface area contributed by atoms with E-state index in [1.54, 1.807) is 6.34 Å². The van der Waals surface area contributed by atoms with Gasteiger partial charge in [-0.15, -0.1) is 0 Å². The zero-order valence-corrected chi connectivity index (χ0v) is 18.2. The molecule has 1 N–H and O–H groups in total. The van der Waals surface area contributed by atoms with E-state index in [-0.39, 0.29) is 0 Å². The van der Waals surface area contributed by atoms with Crippen LogP contribution < -0.4 is 10.2 Å². The van der Waals surface area contributed by atoms with Gasteiger partial charge < -0.3 is 10.2 Å². The zero-order valence-electron chi connectivity index (χ0n) is 15.1. The van der Waals surface area contributed by atoms with E-state index in [1.165, 1.54) is 19.3 Å². The largest absolute Gasteiger partial charge is 0.457 e. The molecule has 2 aromatic rings. The molecule has 26 heavy (non-hydrogen) atoms. The molecule has 0 radical (unpaired) electrons. The van der Waals surface area contributed by atoms with Gasteiger partial charge in [-0.3, -0.25) is 0 Å². The predicted molar refractivity (Wildman–Crippen MR) is 115 cm³/mol. The highest BCUT2D eigenvalue weighted by molar-refractivity contribution is 9.11. The van der Waals surface area contributed by atoms with Crippen LogP contribution >= 0.6 is 31.9 Å². The third kappa shape index (κ3) is 5.32. The van der Waals surface area contributed by atoms with Crippen LogP contribution in [-0.2, 0) is 0 Å². The molecule has 0 aliphatic carbocycles. The first-order valence-corrected chi connectivity index (χ1v) is 10.4. The lowest BCUT2D eigenvalue weighted by molar-refractivity contribution is 0.197. The highest BCUT2D eigenvalue weighted by atomic mass is 79.9. The molecule has 0 saturated carbocycles. The van der Waals surface area contributed by atoms with Crippen molar-refractivity contribution in [3.63, 3.8) is 0 Å². The van der Waals surface area contributed by atoms with Crippen molar-refractivity contribution in [1.82, 2.24) is 10.4 Å². The zero-order chi connectivity index (χ0) is 18.5. The fourth-order valence-corrected chi connectivity index (χ4v) is 4.19. The summed E-state index contributed by atoms with van der Waals surface area (Å²) < 4.78 is 8.02. The molecule has 6 heteroatoms. The fourth-order valence-electron chi connectivity index (χ4n) is 2.94. The minimum atomic E-state index is 0.789. The molecule has 1 saturated heterocycles. The Kier molecular flexibility index (Phi) is 6.73. The number of nitrogens with one attached hydrogen (secondary N) is 1. The number of nitrogens with zero attached hydrogens (tertiary/aromatic N) is 2. The van der Waals surface area contributed by atoms with E-state index in [0.29, 0.717) is 0 Å². The minimum Gasteiger partial charge on any atom is -0.457 e. The van der Waals surface area contributed by atoms with E-state index in [2.05, 4.69) is 60.3 Å². The second-order valence-corrected chi connectivity index (χ2v) is 8.38. The molecule has 1 aliphatic rings. The van der Waals surface area contributed by atoms with E-state index in [0.717, 1.165) is 50.3 Å². The molecule has 0 unspecified atom stereocenters. The number of aryl methyl sites for hydroxylation is 2. The van der Waals surface area contributed by atoms with Crippen LogP contribution in [-0.4, -0.2) is 24.4 Å². The highest BCUT2D eigenvalue weighted by Crippen LogP contribution is 2.33. The quantitative estimate of drug-likeness (QED) is 0.404. The summed E-state index contributed by atoms with van der Waals surface area (Å²) in [7, 11) is 0. The maximum absolute atomic E-state index is 6.07. The standard InChI is InChI=1S/C20H23Br2N3O/c1-14-9-20(26-18-11-16(21)10-17(22)12-18)15(2)8-19(14)23-13-24-25-6-4-3-5-7-25/h8-13H,3-7H2,1-2H3,(H,23,24). The molecule has 0 bridgehead atoms. The number of aliphatic imine (C=N–C) groups is 1. The number of benzene rings is 2. The van der Waals surface area contributed by atoms with Gasteiger partial charge in [0.05, 0.1) is 5.69 Å². The number of rotatable bonds is 5. The SMILES string of the molecule is Cc1cc(Oc2cc(Br)cc(Br)c2)c(C)cc1N=CNN1CCCCC1. The van der Waals surface area contributed by atoms with E-state index < -0.39 is 0 Å². The smallest absolute Gasteiger partial charge is 0.130 e. The molecule has 4 nitrogen and oxygen atoms in total. The average molecular weight is 481 g/mol. The molecule has 0 amide bonds. The Morgan fingerprint density at radius 3 is 2.35 bits per heavy atom. The van der Waals surface area contributed by atoms with Crippen LogP contribution in [0, 0.1) is 13.8 Å². The predicted octanol–water partition coefficient (Wildman–Crippen LogP) is 6.27. The topological polar surface area (TPSA) is 36.9 Å². The average Bonchev–Trinajstić information content (AvgIpc) is 2.59. The number of hydrogen-bond acceptors (Lipinski definition) is 3. The normalized spacial score (nSPS) is 15.4. The summed E-state index contributed by atoms with van der Waals surface area (Å²) in [5, 5.41) is 2.22. The Morgan fingerprint density at radius 1 is 0.962 bits per heavy atom. The molecule has 1 aliphatic heterocycles. The van der Waals surface area contributed by atoms with E-state index in [9.17, 15) is 0 Å². The molecular weight excluding hydrogens is 458 g/mol. The Labute approximate surface area is 171 Å². The van der Waals surface area contributed by atoms with Crippen molar-refractivity contribution in [3.8, 4) is 11.5 Å². The van der Waals surface area contributed by atoms with Crippen LogP contribution in [0.5, 0.6) is 11.5 Å². The van der Waals surface area contributed by atoms with Gasteiger partial charge in [0.2, 0.25) is 0 Å². The van der Waals surface area contributed by atoms with Crippen LogP contribution in [0.1, 0.15) is 30.4 Å². The van der Waals surface area contributed by atoms with Crippen LogP contribution in [0.2, 0.25) is 0 Å². The summed E-state index contributed by atoms with van der Waals surface area (Å²) in [6.45, 7) is 6.26. The Bertz CT molecular complexity index is 782. The van der Waals surface area contributed by atoms with Gasteiger partial charge in [0.1, 0.15) is 17.8 Å². The Balaban J connectivity index is 1.71. The number of hydrogen-bond donors (Lipinski definition) is 1. The number of ether oxygens (including phenoxy) is 1. The van der Waals surface area contributed by atoms with E-state index >= 15 is 0 Å². The summed E-state index contributed by atoms with van der Waals surface area (Å²) in [5.74, 6) is 1.63. The fraction of sp³-hybridized carbons (Fsp3) is 0.350. The number of piperidine rings is 1. The second kappa shape index (κ2) is 9.02. The first kappa shape index (κ1) is 19.4. The van der Waals surface area contributed by atoms with Gasteiger partial charge in [-0.1, -0.05) is 38.3 Å². The molecule has 0 aromatic heterocycles. The highest BCUT2D eigenvalue weighted by Gasteiger charge is 2.09. The van der Waals surface area contributed by atoms with Crippen molar-refractivity contribution in [2.45, 2.75) is 33.1 Å². The molecule has 0 spiro atoms. The number of hydrazine groups is 1. The lowest BCUT2D eigenvalue weighted by atomic mass is 10.1. The van der Waals surface area contributed by atoms with Crippen LogP contribution in [0.15, 0.2) is 44.3 Å². The van der Waals surface area contributed by atoms with E-state index in [4.69, 9.17) is 4.74 Å². The van der Waals surface area contributed by atoms with E-state index in [1.807, 2.05) is 31.2 Å². The first-order valence-electron chi connectivity index (χ1n) is 8.80. The molecule has 3 rings (SSSR count). The van der Waals surface area contributed by atoms with Crippen LogP contribution in [0.3, 0.4) is 0 Å². The van der Waals surface area contributed by atoms with Crippen molar-refractivity contribution in [2.75, 3.05) is 13.1 Å². The van der Waals surface area contributed by atoms with Gasteiger partial charge in [-0.2, -0.15) is 0 Å².